The van der Waals surface area contributed by atoms with Gasteiger partial charge in [0.25, 0.3) is 0 Å². The molecule has 1 heterocycles. The monoisotopic (exact) mass is 277 g/mol. The minimum Gasteiger partial charge on any atom is -0.391 e. The number of nitrogens with one attached hydrogen (secondary N) is 1. The molecule has 0 aromatic heterocycles. The molecule has 1 aromatic rings. The van der Waals surface area contributed by atoms with Gasteiger partial charge in [0, 0.05) is 6.54 Å². The van der Waals surface area contributed by atoms with E-state index in [2.05, 4.69) is 11.4 Å². The summed E-state index contributed by atoms with van der Waals surface area (Å²) in [6, 6.07) is 8.11. The fourth-order valence-electron chi connectivity index (χ4n) is 2.55. The number of aliphatic hydroxyl groups excluding tert-OH is 1. The predicted octanol–water partition coefficient (Wildman–Crippen LogP) is 1.97. The number of fused-ring (bicyclic) bond motifs is 1. The van der Waals surface area contributed by atoms with E-state index >= 15 is 0 Å². The molecular weight excluding hydrogens is 254 g/mol. The quantitative estimate of drug-likeness (QED) is 0.836. The summed E-state index contributed by atoms with van der Waals surface area (Å²) >= 11 is 0. The third-order valence-corrected chi connectivity index (χ3v) is 3.62. The van der Waals surface area contributed by atoms with Gasteiger partial charge in [-0.05, 0) is 24.0 Å². The van der Waals surface area contributed by atoms with E-state index in [1.807, 2.05) is 25.1 Å². The van der Waals surface area contributed by atoms with Crippen molar-refractivity contribution in [3.63, 3.8) is 0 Å². The number of rotatable bonds is 6. The van der Waals surface area contributed by atoms with Crippen LogP contribution in [0.3, 0.4) is 0 Å². The van der Waals surface area contributed by atoms with Crippen LogP contribution in [0, 0.1) is 0 Å². The van der Waals surface area contributed by atoms with Crippen molar-refractivity contribution in [3.8, 4) is 0 Å². The van der Waals surface area contributed by atoms with Crippen molar-refractivity contribution in [2.45, 2.75) is 44.8 Å². The second-order valence-electron chi connectivity index (χ2n) is 5.26. The summed E-state index contributed by atoms with van der Waals surface area (Å²) in [7, 11) is 0. The van der Waals surface area contributed by atoms with Gasteiger partial charge < -0.3 is 15.2 Å². The Morgan fingerprint density at radius 2 is 2.30 bits per heavy atom. The summed E-state index contributed by atoms with van der Waals surface area (Å²) < 4.78 is 5.71. The van der Waals surface area contributed by atoms with E-state index in [4.69, 9.17) is 4.74 Å². The minimum atomic E-state index is -0.455. The van der Waals surface area contributed by atoms with E-state index in [1.165, 1.54) is 5.56 Å². The van der Waals surface area contributed by atoms with Crippen molar-refractivity contribution in [3.05, 3.63) is 35.4 Å². The topological polar surface area (TPSA) is 58.6 Å². The van der Waals surface area contributed by atoms with Crippen LogP contribution in [0.2, 0.25) is 0 Å². The molecule has 1 aromatic carbocycles. The van der Waals surface area contributed by atoms with Gasteiger partial charge in [0.05, 0.1) is 25.2 Å². The standard InChI is InChI=1S/C16H23NO3/c1-2-5-13(18)11-17-16(19)10-15-14-7-4-3-6-12(14)8-9-20-15/h3-4,6-7,13,15,18H,2,5,8-11H2,1H3,(H,17,19). The molecule has 2 atom stereocenters. The molecule has 110 valence electrons. The first-order valence-corrected chi connectivity index (χ1v) is 7.35. The number of ether oxygens (including phenoxy) is 1. The average molecular weight is 277 g/mol. The van der Waals surface area contributed by atoms with Crippen molar-refractivity contribution >= 4 is 5.91 Å². The largest absolute Gasteiger partial charge is 0.391 e. The Morgan fingerprint density at radius 1 is 1.50 bits per heavy atom. The van der Waals surface area contributed by atoms with Crippen LogP contribution >= 0.6 is 0 Å². The maximum atomic E-state index is 11.9. The molecule has 2 N–H and O–H groups in total. The molecule has 20 heavy (non-hydrogen) atoms. The number of carbonyl (C=O) groups is 1. The molecule has 1 aliphatic heterocycles. The van der Waals surface area contributed by atoms with Crippen LogP contribution in [-0.4, -0.2) is 30.3 Å². The van der Waals surface area contributed by atoms with Crippen molar-refractivity contribution in [1.82, 2.24) is 5.32 Å². The Morgan fingerprint density at radius 3 is 3.10 bits per heavy atom. The van der Waals surface area contributed by atoms with Crippen LogP contribution in [0.1, 0.15) is 43.4 Å². The second kappa shape index (κ2) is 7.41. The number of hydrogen-bond acceptors (Lipinski definition) is 3. The zero-order chi connectivity index (χ0) is 14.4. The predicted molar refractivity (Wildman–Crippen MR) is 77.4 cm³/mol. The Balaban J connectivity index is 1.86. The fraction of sp³-hybridized carbons (Fsp3) is 0.562. The lowest BCUT2D eigenvalue weighted by molar-refractivity contribution is -0.124. The van der Waals surface area contributed by atoms with Crippen LogP contribution in [-0.2, 0) is 16.0 Å². The van der Waals surface area contributed by atoms with E-state index in [1.54, 1.807) is 0 Å². The summed E-state index contributed by atoms with van der Waals surface area (Å²) in [4.78, 5) is 11.9. The van der Waals surface area contributed by atoms with Gasteiger partial charge in [-0.2, -0.15) is 0 Å². The summed E-state index contributed by atoms with van der Waals surface area (Å²) in [5, 5.41) is 12.4. The summed E-state index contributed by atoms with van der Waals surface area (Å²) in [5.41, 5.74) is 2.38. The third kappa shape index (κ3) is 4.05. The van der Waals surface area contributed by atoms with E-state index in [-0.39, 0.29) is 12.0 Å². The maximum absolute atomic E-state index is 11.9. The summed E-state index contributed by atoms with van der Waals surface area (Å²) in [6.45, 7) is 2.99. The molecule has 1 aliphatic rings. The van der Waals surface area contributed by atoms with Crippen molar-refractivity contribution in [2.75, 3.05) is 13.2 Å². The zero-order valence-corrected chi connectivity index (χ0v) is 12.0. The Kier molecular flexibility index (Phi) is 5.56. The van der Waals surface area contributed by atoms with Crippen LogP contribution in [0.15, 0.2) is 24.3 Å². The van der Waals surface area contributed by atoms with Gasteiger partial charge in [0.1, 0.15) is 0 Å². The molecule has 0 saturated heterocycles. The zero-order valence-electron chi connectivity index (χ0n) is 12.0. The lowest BCUT2D eigenvalue weighted by atomic mass is 9.95. The molecule has 4 heteroatoms. The highest BCUT2D eigenvalue weighted by Crippen LogP contribution is 2.29. The maximum Gasteiger partial charge on any atom is 0.223 e. The Labute approximate surface area is 120 Å². The first-order chi connectivity index (χ1) is 9.70. The molecule has 1 amide bonds. The lowest BCUT2D eigenvalue weighted by Gasteiger charge is -2.25. The lowest BCUT2D eigenvalue weighted by Crippen LogP contribution is -2.33. The normalized spacial score (nSPS) is 19.2. The first kappa shape index (κ1) is 15.0. The van der Waals surface area contributed by atoms with Crippen molar-refractivity contribution in [2.24, 2.45) is 0 Å². The SMILES string of the molecule is CCCC(O)CNC(=O)CC1OCCc2ccccc21. The number of carbonyl (C=O) groups excluding carboxylic acids is 1. The smallest absolute Gasteiger partial charge is 0.223 e. The van der Waals surface area contributed by atoms with Gasteiger partial charge in [-0.25, -0.2) is 0 Å². The highest BCUT2D eigenvalue weighted by molar-refractivity contribution is 5.76. The molecule has 0 spiro atoms. The molecule has 0 bridgehead atoms. The van der Waals surface area contributed by atoms with Gasteiger partial charge >= 0.3 is 0 Å². The molecule has 0 radical (unpaired) electrons. The number of aliphatic hydroxyl groups is 1. The van der Waals surface area contributed by atoms with Crippen LogP contribution < -0.4 is 5.32 Å². The van der Waals surface area contributed by atoms with Crippen LogP contribution in [0.4, 0.5) is 0 Å². The molecular formula is C16H23NO3. The Bertz CT molecular complexity index is 447. The van der Waals surface area contributed by atoms with Gasteiger partial charge in [0.2, 0.25) is 5.91 Å². The molecule has 0 saturated carbocycles. The fourth-order valence-corrected chi connectivity index (χ4v) is 2.55. The molecule has 4 nitrogen and oxygen atoms in total. The van der Waals surface area contributed by atoms with E-state index in [9.17, 15) is 9.90 Å². The van der Waals surface area contributed by atoms with Crippen molar-refractivity contribution in [1.29, 1.82) is 0 Å². The van der Waals surface area contributed by atoms with Crippen LogP contribution in [0.5, 0.6) is 0 Å². The second-order valence-corrected chi connectivity index (χ2v) is 5.26. The highest BCUT2D eigenvalue weighted by atomic mass is 16.5. The average Bonchev–Trinajstić information content (AvgIpc) is 2.46. The molecule has 2 unspecified atom stereocenters. The summed E-state index contributed by atoms with van der Waals surface area (Å²) in [6.07, 6.45) is 2.23. The number of benzene rings is 1. The number of amides is 1. The molecule has 0 fully saturated rings. The highest BCUT2D eigenvalue weighted by Gasteiger charge is 2.23. The van der Waals surface area contributed by atoms with Gasteiger partial charge in [0.15, 0.2) is 0 Å². The van der Waals surface area contributed by atoms with Crippen LogP contribution in [0.25, 0.3) is 0 Å². The Hall–Kier alpha value is -1.39. The van der Waals surface area contributed by atoms with Gasteiger partial charge in [-0.15, -0.1) is 0 Å². The first-order valence-electron chi connectivity index (χ1n) is 7.35. The molecule has 2 rings (SSSR count). The third-order valence-electron chi connectivity index (χ3n) is 3.62. The van der Waals surface area contributed by atoms with Gasteiger partial charge in [-0.1, -0.05) is 37.6 Å². The minimum absolute atomic E-state index is 0.0677. The number of hydrogen-bond donors (Lipinski definition) is 2. The van der Waals surface area contributed by atoms with E-state index in [0.29, 0.717) is 26.0 Å². The van der Waals surface area contributed by atoms with E-state index < -0.39 is 6.10 Å². The van der Waals surface area contributed by atoms with Crippen molar-refractivity contribution < 1.29 is 14.6 Å². The summed E-state index contributed by atoms with van der Waals surface area (Å²) in [5.74, 6) is -0.0677. The van der Waals surface area contributed by atoms with Gasteiger partial charge in [-0.3, -0.25) is 4.79 Å². The van der Waals surface area contributed by atoms with E-state index in [0.717, 1.165) is 18.4 Å². The molecule has 0 aliphatic carbocycles.